The van der Waals surface area contributed by atoms with Gasteiger partial charge < -0.3 is 9.84 Å². The fourth-order valence-electron chi connectivity index (χ4n) is 1.80. The molecule has 0 aliphatic rings. The van der Waals surface area contributed by atoms with Crippen molar-refractivity contribution in [2.75, 3.05) is 7.11 Å². The molecule has 1 N–H and O–H groups in total. The molecule has 0 aliphatic carbocycles. The maximum Gasteiger partial charge on any atom is 0.125 e. The van der Waals surface area contributed by atoms with Crippen LogP contribution in [0.25, 0.3) is 0 Å². The second-order valence-corrected chi connectivity index (χ2v) is 5.42. The van der Waals surface area contributed by atoms with Crippen molar-refractivity contribution in [1.82, 2.24) is 0 Å². The Morgan fingerprint density at radius 2 is 1.94 bits per heavy atom. The first-order chi connectivity index (χ1) is 8.11. The Morgan fingerprint density at radius 3 is 2.53 bits per heavy atom. The normalized spacial score (nSPS) is 12.5. The highest BCUT2D eigenvalue weighted by Gasteiger charge is 2.16. The number of hydrogen-bond acceptors (Lipinski definition) is 3. The van der Waals surface area contributed by atoms with Crippen molar-refractivity contribution in [3.8, 4) is 5.75 Å². The summed E-state index contributed by atoms with van der Waals surface area (Å²) < 4.78 is 5.32. The monoisotopic (exact) mass is 248 g/mol. The number of aliphatic hydroxyl groups is 1. The summed E-state index contributed by atoms with van der Waals surface area (Å²) in [6.45, 7) is 4.04. The van der Waals surface area contributed by atoms with Crippen LogP contribution in [-0.2, 0) is 0 Å². The molecule has 0 fully saturated rings. The lowest BCUT2D eigenvalue weighted by Gasteiger charge is -2.14. The highest BCUT2D eigenvalue weighted by atomic mass is 32.1. The van der Waals surface area contributed by atoms with Gasteiger partial charge in [0.25, 0.3) is 0 Å². The molecule has 1 heterocycles. The molecule has 0 amide bonds. The fraction of sp³-hybridized carbons (Fsp3) is 0.286. The first kappa shape index (κ1) is 12.1. The van der Waals surface area contributed by atoms with Crippen molar-refractivity contribution in [2.45, 2.75) is 20.0 Å². The lowest BCUT2D eigenvalue weighted by atomic mass is 10.0. The molecule has 0 radical (unpaired) electrons. The van der Waals surface area contributed by atoms with Crippen LogP contribution in [0, 0.1) is 13.8 Å². The molecule has 0 aliphatic heterocycles. The van der Waals surface area contributed by atoms with E-state index < -0.39 is 6.10 Å². The molecule has 17 heavy (non-hydrogen) atoms. The topological polar surface area (TPSA) is 29.5 Å². The van der Waals surface area contributed by atoms with E-state index in [0.717, 1.165) is 21.8 Å². The lowest BCUT2D eigenvalue weighted by molar-refractivity contribution is 0.218. The van der Waals surface area contributed by atoms with E-state index in [0.29, 0.717) is 0 Å². The van der Waals surface area contributed by atoms with Gasteiger partial charge in [-0.2, -0.15) is 0 Å². The van der Waals surface area contributed by atoms with Gasteiger partial charge in [0, 0.05) is 15.3 Å². The minimum absolute atomic E-state index is 0.607. The van der Waals surface area contributed by atoms with Crippen molar-refractivity contribution < 1.29 is 9.84 Å². The summed E-state index contributed by atoms with van der Waals surface area (Å²) in [7, 11) is 1.63. The van der Waals surface area contributed by atoms with E-state index in [2.05, 4.69) is 0 Å². The zero-order valence-electron chi connectivity index (χ0n) is 10.2. The Hall–Kier alpha value is -1.32. The zero-order valence-corrected chi connectivity index (χ0v) is 11.0. The van der Waals surface area contributed by atoms with Crippen LogP contribution < -0.4 is 4.74 Å². The van der Waals surface area contributed by atoms with Gasteiger partial charge in [-0.15, -0.1) is 11.3 Å². The molecule has 0 bridgehead atoms. The van der Waals surface area contributed by atoms with E-state index in [1.807, 2.05) is 44.2 Å². The molecule has 2 aromatic rings. The van der Waals surface area contributed by atoms with E-state index in [-0.39, 0.29) is 0 Å². The van der Waals surface area contributed by atoms with E-state index in [1.54, 1.807) is 18.4 Å². The molecule has 90 valence electrons. The molecule has 0 spiro atoms. The van der Waals surface area contributed by atoms with Crippen LogP contribution >= 0.6 is 11.3 Å². The third kappa shape index (κ3) is 2.51. The van der Waals surface area contributed by atoms with Gasteiger partial charge in [-0.3, -0.25) is 0 Å². The van der Waals surface area contributed by atoms with Crippen LogP contribution in [-0.4, -0.2) is 12.2 Å². The average molecular weight is 248 g/mol. The summed E-state index contributed by atoms with van der Waals surface area (Å²) >= 11 is 1.61. The number of hydrogen-bond donors (Lipinski definition) is 1. The van der Waals surface area contributed by atoms with Crippen LogP contribution in [0.4, 0.5) is 0 Å². The molecule has 0 saturated carbocycles. The van der Waals surface area contributed by atoms with Gasteiger partial charge in [-0.25, -0.2) is 0 Å². The van der Waals surface area contributed by atoms with Gasteiger partial charge in [-0.1, -0.05) is 12.1 Å². The summed E-state index contributed by atoms with van der Waals surface area (Å²) in [5.41, 5.74) is 1.94. The summed E-state index contributed by atoms with van der Waals surface area (Å²) in [6.07, 6.45) is -0.607. The van der Waals surface area contributed by atoms with Gasteiger partial charge in [0.05, 0.1) is 7.11 Å². The molecule has 3 heteroatoms. The second-order valence-electron chi connectivity index (χ2n) is 4.10. The Balaban J connectivity index is 2.39. The van der Waals surface area contributed by atoms with E-state index in [9.17, 15) is 5.11 Å². The van der Waals surface area contributed by atoms with Crippen molar-refractivity contribution in [2.24, 2.45) is 0 Å². The van der Waals surface area contributed by atoms with Crippen molar-refractivity contribution >= 4 is 11.3 Å². The smallest absolute Gasteiger partial charge is 0.125 e. The zero-order chi connectivity index (χ0) is 12.4. The highest BCUT2D eigenvalue weighted by Crippen LogP contribution is 2.33. The molecular formula is C14H16O2S. The van der Waals surface area contributed by atoms with E-state index in [1.165, 1.54) is 4.88 Å². The number of aryl methyl sites for hydroxylation is 2. The van der Waals surface area contributed by atoms with Gasteiger partial charge >= 0.3 is 0 Å². The molecule has 1 aromatic carbocycles. The van der Waals surface area contributed by atoms with Crippen LogP contribution in [0.1, 0.15) is 27.0 Å². The van der Waals surface area contributed by atoms with E-state index >= 15 is 0 Å². The van der Waals surface area contributed by atoms with Crippen molar-refractivity contribution in [3.63, 3.8) is 0 Å². The summed E-state index contributed by atoms with van der Waals surface area (Å²) in [6, 6.07) is 9.84. The van der Waals surface area contributed by atoms with Crippen molar-refractivity contribution in [3.05, 3.63) is 51.2 Å². The highest BCUT2D eigenvalue weighted by molar-refractivity contribution is 7.12. The molecule has 2 nitrogen and oxygen atoms in total. The quantitative estimate of drug-likeness (QED) is 0.901. The molecular weight excluding hydrogens is 232 g/mol. The summed E-state index contributed by atoms with van der Waals surface area (Å²) in [5, 5.41) is 10.3. The molecule has 2 rings (SSSR count). The van der Waals surface area contributed by atoms with Crippen molar-refractivity contribution in [1.29, 1.82) is 0 Å². The number of thiophene rings is 1. The number of methoxy groups -OCH3 is 1. The molecule has 1 aromatic heterocycles. The van der Waals surface area contributed by atoms with Crippen LogP contribution in [0.3, 0.4) is 0 Å². The predicted molar refractivity (Wildman–Crippen MR) is 70.8 cm³/mol. The molecule has 1 atom stereocenters. The number of aliphatic hydroxyl groups excluding tert-OH is 1. The maximum atomic E-state index is 10.3. The van der Waals surface area contributed by atoms with Crippen LogP contribution in [0.5, 0.6) is 5.75 Å². The Labute approximate surface area is 105 Å². The third-order valence-corrected chi connectivity index (χ3v) is 3.77. The number of rotatable bonds is 3. The van der Waals surface area contributed by atoms with Gasteiger partial charge in [0.15, 0.2) is 0 Å². The van der Waals surface area contributed by atoms with Gasteiger partial charge in [0.2, 0.25) is 0 Å². The molecule has 1 unspecified atom stereocenters. The number of benzene rings is 1. The van der Waals surface area contributed by atoms with Gasteiger partial charge in [-0.05, 0) is 37.6 Å². The summed E-state index contributed by atoms with van der Waals surface area (Å²) in [5.74, 6) is 0.739. The van der Waals surface area contributed by atoms with E-state index in [4.69, 9.17) is 4.74 Å². The van der Waals surface area contributed by atoms with Gasteiger partial charge in [0.1, 0.15) is 11.9 Å². The largest absolute Gasteiger partial charge is 0.496 e. The Morgan fingerprint density at radius 1 is 1.18 bits per heavy atom. The van der Waals surface area contributed by atoms with Crippen LogP contribution in [0.15, 0.2) is 30.3 Å². The standard InChI is InChI=1S/C14H16O2S/c1-9-4-6-11(12(8-9)16-3)14(15)13-7-5-10(2)17-13/h4-8,14-15H,1-3H3. The lowest BCUT2D eigenvalue weighted by Crippen LogP contribution is -2.00. The Kier molecular flexibility index (Phi) is 3.50. The minimum atomic E-state index is -0.607. The predicted octanol–water partition coefficient (Wildman–Crippen LogP) is 3.46. The van der Waals surface area contributed by atoms with Crippen LogP contribution in [0.2, 0.25) is 0 Å². The first-order valence-electron chi connectivity index (χ1n) is 5.50. The second kappa shape index (κ2) is 4.90. The summed E-state index contributed by atoms with van der Waals surface area (Å²) in [4.78, 5) is 2.15. The SMILES string of the molecule is COc1cc(C)ccc1C(O)c1ccc(C)s1. The fourth-order valence-corrected chi connectivity index (χ4v) is 2.68. The Bertz CT molecular complexity index is 517. The first-order valence-corrected chi connectivity index (χ1v) is 6.32. The third-order valence-electron chi connectivity index (χ3n) is 2.71. The maximum absolute atomic E-state index is 10.3. The minimum Gasteiger partial charge on any atom is -0.496 e. The number of ether oxygens (including phenoxy) is 1. The average Bonchev–Trinajstić information content (AvgIpc) is 2.75. The molecule has 0 saturated heterocycles.